The monoisotopic (exact) mass is 289 g/mol. The Bertz CT molecular complexity index is 587. The van der Waals surface area contributed by atoms with Crippen LogP contribution in [0.2, 0.25) is 0 Å². The van der Waals surface area contributed by atoms with Gasteiger partial charge in [0.05, 0.1) is 19.8 Å². The number of benzene rings is 1. The summed E-state index contributed by atoms with van der Waals surface area (Å²) in [6.45, 7) is 1.01. The Hall–Kier alpha value is -1.39. The molecule has 1 saturated carbocycles. The van der Waals surface area contributed by atoms with Gasteiger partial charge in [-0.3, -0.25) is 0 Å². The SMILES string of the molecule is C[n+]1cn(C[C@H](O)COC2CCCCC2)c2ccccc21. The first-order valence-electron chi connectivity index (χ1n) is 7.97. The number of aromatic nitrogens is 2. The highest BCUT2D eigenvalue weighted by Crippen LogP contribution is 2.20. The second-order valence-corrected chi connectivity index (χ2v) is 6.11. The molecular weight excluding hydrogens is 264 g/mol. The minimum atomic E-state index is -0.456. The van der Waals surface area contributed by atoms with E-state index < -0.39 is 6.10 Å². The lowest BCUT2D eigenvalue weighted by Crippen LogP contribution is -2.28. The Morgan fingerprint density at radius 2 is 2.05 bits per heavy atom. The number of hydrogen-bond acceptors (Lipinski definition) is 2. The third-order valence-corrected chi connectivity index (χ3v) is 4.37. The molecule has 3 rings (SSSR count). The molecule has 0 saturated heterocycles. The average Bonchev–Trinajstić information content (AvgIpc) is 2.83. The lowest BCUT2D eigenvalue weighted by atomic mass is 9.98. The van der Waals surface area contributed by atoms with Crippen LogP contribution in [-0.4, -0.2) is 28.5 Å². The highest BCUT2D eigenvalue weighted by molar-refractivity contribution is 5.71. The molecule has 1 aliphatic carbocycles. The van der Waals surface area contributed by atoms with Crippen LogP contribution in [0, 0.1) is 0 Å². The summed E-state index contributed by atoms with van der Waals surface area (Å²) < 4.78 is 10.1. The van der Waals surface area contributed by atoms with Crippen LogP contribution in [0.3, 0.4) is 0 Å². The molecule has 1 N–H and O–H groups in total. The number of fused-ring (bicyclic) bond motifs is 1. The van der Waals surface area contributed by atoms with E-state index in [0.717, 1.165) is 18.4 Å². The van der Waals surface area contributed by atoms with Crippen molar-refractivity contribution in [3.05, 3.63) is 30.6 Å². The van der Waals surface area contributed by atoms with Crippen LogP contribution in [0.4, 0.5) is 0 Å². The Balaban J connectivity index is 1.59. The number of hydrogen-bond donors (Lipinski definition) is 1. The van der Waals surface area contributed by atoms with E-state index in [4.69, 9.17) is 4.74 Å². The largest absolute Gasteiger partial charge is 0.387 e. The van der Waals surface area contributed by atoms with Gasteiger partial charge in [-0.25, -0.2) is 9.13 Å². The summed E-state index contributed by atoms with van der Waals surface area (Å²) in [5, 5.41) is 10.2. The maximum Gasteiger partial charge on any atom is 0.244 e. The van der Waals surface area contributed by atoms with Crippen LogP contribution < -0.4 is 4.57 Å². The van der Waals surface area contributed by atoms with E-state index in [1.165, 1.54) is 24.8 Å². The number of aliphatic hydroxyl groups excluding tert-OH is 1. The molecule has 0 aliphatic heterocycles. The van der Waals surface area contributed by atoms with E-state index >= 15 is 0 Å². The molecule has 114 valence electrons. The molecule has 2 aromatic rings. The molecular formula is C17H25N2O2+. The van der Waals surface area contributed by atoms with Crippen LogP contribution in [0.5, 0.6) is 0 Å². The van der Waals surface area contributed by atoms with Crippen LogP contribution in [0.1, 0.15) is 32.1 Å². The summed E-state index contributed by atoms with van der Waals surface area (Å²) in [6, 6.07) is 8.25. The van der Waals surface area contributed by atoms with Gasteiger partial charge in [0.2, 0.25) is 6.33 Å². The van der Waals surface area contributed by atoms with Gasteiger partial charge >= 0.3 is 0 Å². The first-order valence-corrected chi connectivity index (χ1v) is 7.97. The summed E-state index contributed by atoms with van der Waals surface area (Å²) in [4.78, 5) is 0. The van der Waals surface area contributed by atoms with Gasteiger partial charge in [-0.2, -0.15) is 0 Å². The van der Waals surface area contributed by atoms with Crippen molar-refractivity contribution in [1.82, 2.24) is 4.57 Å². The average molecular weight is 289 g/mol. The molecule has 0 amide bonds. The molecule has 4 heteroatoms. The fourth-order valence-corrected chi connectivity index (χ4v) is 3.24. The minimum Gasteiger partial charge on any atom is -0.387 e. The van der Waals surface area contributed by atoms with Crippen molar-refractivity contribution in [3.8, 4) is 0 Å². The normalized spacial score (nSPS) is 18.2. The van der Waals surface area contributed by atoms with E-state index in [2.05, 4.69) is 21.3 Å². The Morgan fingerprint density at radius 1 is 1.29 bits per heavy atom. The fourth-order valence-electron chi connectivity index (χ4n) is 3.24. The lowest BCUT2D eigenvalue weighted by molar-refractivity contribution is -0.645. The number of aliphatic hydroxyl groups is 1. The number of para-hydroxylation sites is 2. The van der Waals surface area contributed by atoms with Crippen molar-refractivity contribution >= 4 is 11.0 Å². The first-order chi connectivity index (χ1) is 10.2. The number of rotatable bonds is 5. The molecule has 1 fully saturated rings. The fraction of sp³-hybridized carbons (Fsp3) is 0.588. The number of nitrogens with zero attached hydrogens (tertiary/aromatic N) is 2. The van der Waals surface area contributed by atoms with Crippen molar-refractivity contribution in [2.75, 3.05) is 6.61 Å². The standard InChI is InChI=1S/C17H25N2O2/c1-18-13-19(17-10-6-5-9-16(17)18)11-14(20)12-21-15-7-3-2-4-8-15/h5-6,9-10,13-15,20H,2-4,7-8,11-12H2,1H3/q+1/t14-/m0/s1. The summed E-state index contributed by atoms with van der Waals surface area (Å²) >= 11 is 0. The van der Waals surface area contributed by atoms with Crippen molar-refractivity contribution in [2.45, 2.75) is 50.9 Å². The van der Waals surface area contributed by atoms with Crippen LogP contribution in [0.15, 0.2) is 30.6 Å². The number of ether oxygens (including phenoxy) is 1. The minimum absolute atomic E-state index is 0.353. The quantitative estimate of drug-likeness (QED) is 0.857. The summed E-state index contributed by atoms with van der Waals surface area (Å²) in [5.41, 5.74) is 2.33. The maximum atomic E-state index is 10.2. The highest BCUT2D eigenvalue weighted by Gasteiger charge is 2.19. The third kappa shape index (κ3) is 3.44. The molecule has 0 radical (unpaired) electrons. The van der Waals surface area contributed by atoms with E-state index in [1.807, 2.05) is 25.5 Å². The van der Waals surface area contributed by atoms with Crippen molar-refractivity contribution < 1.29 is 14.4 Å². The van der Waals surface area contributed by atoms with Gasteiger partial charge in [0.25, 0.3) is 0 Å². The molecule has 4 nitrogen and oxygen atoms in total. The van der Waals surface area contributed by atoms with Gasteiger partial charge in [0, 0.05) is 0 Å². The van der Waals surface area contributed by atoms with E-state index in [0.29, 0.717) is 19.3 Å². The molecule has 0 unspecified atom stereocenters. The van der Waals surface area contributed by atoms with Crippen LogP contribution in [0.25, 0.3) is 11.0 Å². The Kier molecular flexibility index (Phi) is 4.56. The molecule has 0 bridgehead atoms. The molecule has 1 aliphatic rings. The maximum absolute atomic E-state index is 10.2. The third-order valence-electron chi connectivity index (χ3n) is 4.37. The molecule has 1 atom stereocenters. The molecule has 0 spiro atoms. The smallest absolute Gasteiger partial charge is 0.244 e. The van der Waals surface area contributed by atoms with Gasteiger partial charge in [0.1, 0.15) is 12.6 Å². The van der Waals surface area contributed by atoms with Crippen molar-refractivity contribution in [2.24, 2.45) is 7.05 Å². The zero-order valence-electron chi connectivity index (χ0n) is 12.7. The van der Waals surface area contributed by atoms with Gasteiger partial charge in [-0.1, -0.05) is 31.4 Å². The van der Waals surface area contributed by atoms with E-state index in [-0.39, 0.29) is 0 Å². The second kappa shape index (κ2) is 6.58. The summed E-state index contributed by atoms with van der Waals surface area (Å²) in [6.07, 6.45) is 8.08. The summed E-state index contributed by atoms with van der Waals surface area (Å²) in [7, 11) is 2.03. The lowest BCUT2D eigenvalue weighted by Gasteiger charge is -2.23. The Morgan fingerprint density at radius 3 is 2.86 bits per heavy atom. The van der Waals surface area contributed by atoms with E-state index in [9.17, 15) is 5.11 Å². The van der Waals surface area contributed by atoms with Gasteiger partial charge in [-0.15, -0.1) is 0 Å². The molecule has 1 heterocycles. The van der Waals surface area contributed by atoms with Crippen LogP contribution >= 0.6 is 0 Å². The predicted molar refractivity (Wildman–Crippen MR) is 81.9 cm³/mol. The highest BCUT2D eigenvalue weighted by atomic mass is 16.5. The Labute approximate surface area is 126 Å². The zero-order valence-corrected chi connectivity index (χ0v) is 12.7. The summed E-state index contributed by atoms with van der Waals surface area (Å²) in [5.74, 6) is 0. The van der Waals surface area contributed by atoms with Gasteiger partial charge in [0.15, 0.2) is 11.0 Å². The predicted octanol–water partition coefficient (Wildman–Crippen LogP) is 2.18. The van der Waals surface area contributed by atoms with Gasteiger partial charge in [-0.05, 0) is 25.0 Å². The van der Waals surface area contributed by atoms with Crippen LogP contribution in [-0.2, 0) is 18.3 Å². The topological polar surface area (TPSA) is 38.3 Å². The van der Waals surface area contributed by atoms with Gasteiger partial charge < -0.3 is 9.84 Å². The van der Waals surface area contributed by atoms with E-state index in [1.54, 1.807) is 0 Å². The first kappa shape index (κ1) is 14.5. The number of imidazole rings is 1. The number of aryl methyl sites for hydroxylation is 1. The van der Waals surface area contributed by atoms with Crippen molar-refractivity contribution in [3.63, 3.8) is 0 Å². The molecule has 1 aromatic carbocycles. The zero-order chi connectivity index (χ0) is 14.7. The molecule has 1 aromatic heterocycles. The second-order valence-electron chi connectivity index (χ2n) is 6.11. The molecule has 21 heavy (non-hydrogen) atoms. The van der Waals surface area contributed by atoms with Crippen molar-refractivity contribution in [1.29, 1.82) is 0 Å².